The molecule has 21 heavy (non-hydrogen) atoms. The number of ether oxygens (including phenoxy) is 2. The number of fused-ring (bicyclic) bond motifs is 1. The van der Waals surface area contributed by atoms with Gasteiger partial charge in [0, 0.05) is 16.1 Å². The van der Waals surface area contributed by atoms with Gasteiger partial charge in [-0.05, 0) is 24.3 Å². The summed E-state index contributed by atoms with van der Waals surface area (Å²) in [5.41, 5.74) is 3.61. The van der Waals surface area contributed by atoms with Crippen molar-refractivity contribution in [2.75, 3.05) is 6.79 Å². The van der Waals surface area contributed by atoms with Crippen LogP contribution in [0, 0.1) is 0 Å². The summed E-state index contributed by atoms with van der Waals surface area (Å²) in [6.07, 6.45) is 1.49. The average Bonchev–Trinajstić information content (AvgIpc) is 2.96. The molecule has 1 N–H and O–H groups in total. The largest absolute Gasteiger partial charge is 0.454 e. The van der Waals surface area contributed by atoms with Crippen molar-refractivity contribution in [3.63, 3.8) is 0 Å². The fourth-order valence-corrected chi connectivity index (χ4v) is 2.03. The molecule has 0 fully saturated rings. The maximum absolute atomic E-state index is 12.0. The Hall–Kier alpha value is -2.53. The summed E-state index contributed by atoms with van der Waals surface area (Å²) in [7, 11) is 0. The fourth-order valence-electron chi connectivity index (χ4n) is 1.84. The van der Waals surface area contributed by atoms with Crippen LogP contribution in [0.15, 0.2) is 47.6 Å². The molecule has 1 aliphatic rings. The smallest absolute Gasteiger partial charge is 0.271 e. The molecule has 0 aliphatic carbocycles. The number of nitrogens with one attached hydrogen (secondary N) is 1. The van der Waals surface area contributed by atoms with Crippen LogP contribution in [-0.4, -0.2) is 18.9 Å². The normalized spacial score (nSPS) is 12.6. The average molecular weight is 303 g/mol. The molecule has 1 aliphatic heterocycles. The van der Waals surface area contributed by atoms with Gasteiger partial charge in [0.25, 0.3) is 5.91 Å². The van der Waals surface area contributed by atoms with Crippen LogP contribution in [0.1, 0.15) is 15.9 Å². The molecule has 5 nitrogen and oxygen atoms in total. The number of halogens is 1. The Morgan fingerprint density at radius 3 is 2.86 bits per heavy atom. The molecule has 0 radical (unpaired) electrons. The molecule has 0 atom stereocenters. The summed E-state index contributed by atoms with van der Waals surface area (Å²) >= 11 is 5.99. The second kappa shape index (κ2) is 5.85. The van der Waals surface area contributed by atoms with Gasteiger partial charge in [-0.1, -0.05) is 29.8 Å². The molecule has 0 bridgehead atoms. The molecular weight excluding hydrogens is 292 g/mol. The molecule has 6 heteroatoms. The van der Waals surface area contributed by atoms with Gasteiger partial charge in [-0.2, -0.15) is 5.10 Å². The van der Waals surface area contributed by atoms with Crippen LogP contribution >= 0.6 is 11.6 Å². The minimum atomic E-state index is -0.336. The lowest BCUT2D eigenvalue weighted by molar-refractivity contribution is 0.0954. The maximum Gasteiger partial charge on any atom is 0.271 e. The zero-order chi connectivity index (χ0) is 14.7. The number of carbonyl (C=O) groups excluding carboxylic acids is 1. The monoisotopic (exact) mass is 302 g/mol. The van der Waals surface area contributed by atoms with E-state index in [1.165, 1.54) is 6.21 Å². The summed E-state index contributed by atoms with van der Waals surface area (Å²) < 4.78 is 10.4. The summed E-state index contributed by atoms with van der Waals surface area (Å²) in [5, 5.41) is 4.46. The number of hydrazone groups is 1. The van der Waals surface area contributed by atoms with E-state index in [-0.39, 0.29) is 12.7 Å². The molecule has 0 unspecified atom stereocenters. The van der Waals surface area contributed by atoms with Crippen LogP contribution < -0.4 is 14.9 Å². The fraction of sp³-hybridized carbons (Fsp3) is 0.0667. The first kappa shape index (κ1) is 13.5. The van der Waals surface area contributed by atoms with Crippen LogP contribution in [0.3, 0.4) is 0 Å². The lowest BCUT2D eigenvalue weighted by Gasteiger charge is -2.02. The first-order valence-corrected chi connectivity index (χ1v) is 6.59. The van der Waals surface area contributed by atoms with E-state index in [9.17, 15) is 4.79 Å². The van der Waals surface area contributed by atoms with Crippen molar-refractivity contribution >= 4 is 23.7 Å². The topological polar surface area (TPSA) is 59.9 Å². The highest BCUT2D eigenvalue weighted by Crippen LogP contribution is 2.32. The molecule has 0 aromatic heterocycles. The van der Waals surface area contributed by atoms with Crippen molar-refractivity contribution in [3.05, 3.63) is 58.6 Å². The van der Waals surface area contributed by atoms with E-state index in [1.54, 1.807) is 30.3 Å². The van der Waals surface area contributed by atoms with Gasteiger partial charge in [0.05, 0.1) is 6.21 Å². The van der Waals surface area contributed by atoms with E-state index in [4.69, 9.17) is 21.1 Å². The predicted molar refractivity (Wildman–Crippen MR) is 79.1 cm³/mol. The minimum Gasteiger partial charge on any atom is -0.454 e. The number of carbonyl (C=O) groups is 1. The lowest BCUT2D eigenvalue weighted by Crippen LogP contribution is -2.17. The van der Waals surface area contributed by atoms with Gasteiger partial charge in [-0.25, -0.2) is 5.43 Å². The number of hydrogen-bond acceptors (Lipinski definition) is 4. The molecule has 0 saturated heterocycles. The summed E-state index contributed by atoms with van der Waals surface area (Å²) in [6.45, 7) is 0.172. The van der Waals surface area contributed by atoms with Crippen molar-refractivity contribution < 1.29 is 14.3 Å². The van der Waals surface area contributed by atoms with Crippen molar-refractivity contribution in [2.24, 2.45) is 5.10 Å². The van der Waals surface area contributed by atoms with Gasteiger partial charge in [-0.15, -0.1) is 0 Å². The maximum atomic E-state index is 12.0. The van der Waals surface area contributed by atoms with Gasteiger partial charge in [0.15, 0.2) is 11.5 Å². The minimum absolute atomic E-state index is 0.172. The molecule has 0 saturated carbocycles. The first-order valence-electron chi connectivity index (χ1n) is 6.21. The molecule has 1 heterocycles. The van der Waals surface area contributed by atoms with Gasteiger partial charge >= 0.3 is 0 Å². The number of benzene rings is 2. The molecule has 2 aromatic carbocycles. The zero-order valence-corrected chi connectivity index (χ0v) is 11.6. The highest BCUT2D eigenvalue weighted by Gasteiger charge is 2.15. The Morgan fingerprint density at radius 1 is 1.19 bits per heavy atom. The van der Waals surface area contributed by atoms with Gasteiger partial charge < -0.3 is 9.47 Å². The Balaban J connectivity index is 1.68. The number of hydrogen-bond donors (Lipinski definition) is 1. The van der Waals surface area contributed by atoms with Crippen LogP contribution in [-0.2, 0) is 0 Å². The quantitative estimate of drug-likeness (QED) is 0.700. The Labute approximate surface area is 126 Å². The van der Waals surface area contributed by atoms with Gasteiger partial charge in [0.1, 0.15) is 0 Å². The van der Waals surface area contributed by atoms with Crippen molar-refractivity contribution in [2.45, 2.75) is 0 Å². The molecule has 3 rings (SSSR count). The van der Waals surface area contributed by atoms with Crippen molar-refractivity contribution in [1.29, 1.82) is 0 Å². The third kappa shape index (κ3) is 2.98. The van der Waals surface area contributed by atoms with E-state index >= 15 is 0 Å². The third-order valence-corrected chi connectivity index (χ3v) is 3.25. The zero-order valence-electron chi connectivity index (χ0n) is 10.9. The van der Waals surface area contributed by atoms with Crippen LogP contribution in [0.4, 0.5) is 0 Å². The Bertz CT molecular complexity index is 716. The van der Waals surface area contributed by atoms with Crippen molar-refractivity contribution in [1.82, 2.24) is 5.43 Å². The van der Waals surface area contributed by atoms with E-state index in [0.717, 1.165) is 5.56 Å². The molecule has 2 aromatic rings. The summed E-state index contributed by atoms with van der Waals surface area (Å²) in [4.78, 5) is 12.0. The SMILES string of the molecule is O=C(N/N=C\c1ccccc1Cl)c1ccc2c(c1)OCO2. The molecule has 106 valence electrons. The van der Waals surface area contributed by atoms with Crippen molar-refractivity contribution in [3.8, 4) is 11.5 Å². The lowest BCUT2D eigenvalue weighted by atomic mass is 10.2. The molecule has 1 amide bonds. The van der Waals surface area contributed by atoms with E-state index in [0.29, 0.717) is 22.1 Å². The second-order valence-corrected chi connectivity index (χ2v) is 4.70. The van der Waals surface area contributed by atoms with Gasteiger partial charge in [0.2, 0.25) is 6.79 Å². The first-order chi connectivity index (χ1) is 10.2. The Morgan fingerprint density at radius 2 is 2.00 bits per heavy atom. The van der Waals surface area contributed by atoms with Crippen LogP contribution in [0.5, 0.6) is 11.5 Å². The van der Waals surface area contributed by atoms with Gasteiger partial charge in [-0.3, -0.25) is 4.79 Å². The van der Waals surface area contributed by atoms with E-state index in [1.807, 2.05) is 12.1 Å². The number of rotatable bonds is 3. The predicted octanol–water partition coefficient (Wildman–Crippen LogP) is 2.83. The van der Waals surface area contributed by atoms with Crippen LogP contribution in [0.25, 0.3) is 0 Å². The summed E-state index contributed by atoms with van der Waals surface area (Å²) in [6, 6.07) is 12.2. The highest BCUT2D eigenvalue weighted by molar-refractivity contribution is 6.33. The Kier molecular flexibility index (Phi) is 3.75. The van der Waals surface area contributed by atoms with Crippen LogP contribution in [0.2, 0.25) is 5.02 Å². The highest BCUT2D eigenvalue weighted by atomic mass is 35.5. The van der Waals surface area contributed by atoms with E-state index in [2.05, 4.69) is 10.5 Å². The number of nitrogens with zero attached hydrogens (tertiary/aromatic N) is 1. The molecular formula is C15H11ClN2O3. The van der Waals surface area contributed by atoms with E-state index < -0.39 is 0 Å². The standard InChI is InChI=1S/C15H11ClN2O3/c16-12-4-2-1-3-11(12)8-17-18-15(19)10-5-6-13-14(7-10)21-9-20-13/h1-8H,9H2,(H,18,19)/b17-8-. The summed E-state index contributed by atoms with van der Waals surface area (Å²) in [5.74, 6) is 0.848. The number of amides is 1. The second-order valence-electron chi connectivity index (χ2n) is 4.29. The third-order valence-electron chi connectivity index (χ3n) is 2.91. The molecule has 0 spiro atoms.